The van der Waals surface area contributed by atoms with Gasteiger partial charge in [-0.05, 0) is 52.3 Å². The molecule has 5 heteroatoms. The molecule has 1 aliphatic rings. The first-order valence-corrected chi connectivity index (χ1v) is 9.36. The van der Waals surface area contributed by atoms with E-state index in [2.05, 4.69) is 22.1 Å². The lowest BCUT2D eigenvalue weighted by atomic mass is 10.0. The maximum absolute atomic E-state index is 12.3. The Morgan fingerprint density at radius 1 is 1.27 bits per heavy atom. The highest BCUT2D eigenvalue weighted by molar-refractivity contribution is 7.99. The minimum Gasteiger partial charge on any atom is -0.376 e. The summed E-state index contributed by atoms with van der Waals surface area (Å²) in [6.07, 6.45) is 0.992. The zero-order valence-electron chi connectivity index (χ0n) is 12.5. The van der Waals surface area contributed by atoms with Gasteiger partial charge in [0.2, 0.25) is 0 Å². The van der Waals surface area contributed by atoms with Crippen molar-refractivity contribution in [2.75, 3.05) is 25.2 Å². The number of amides is 1. The van der Waals surface area contributed by atoms with E-state index < -0.39 is 0 Å². The Morgan fingerprint density at radius 3 is 2.68 bits per heavy atom. The smallest absolute Gasteiger partial charge is 0.251 e. The van der Waals surface area contributed by atoms with Gasteiger partial charge in [0.1, 0.15) is 0 Å². The Labute approximate surface area is 139 Å². The molecule has 2 heterocycles. The van der Waals surface area contributed by atoms with E-state index in [9.17, 15) is 4.79 Å². The van der Waals surface area contributed by atoms with Gasteiger partial charge in [0.15, 0.2) is 0 Å². The maximum atomic E-state index is 12.3. The number of hydrogen-bond acceptors (Lipinski definition) is 4. The van der Waals surface area contributed by atoms with E-state index in [0.29, 0.717) is 12.1 Å². The predicted molar refractivity (Wildman–Crippen MR) is 93.8 cm³/mol. The van der Waals surface area contributed by atoms with Crippen LogP contribution in [-0.2, 0) is 4.74 Å². The number of thiophene rings is 1. The highest BCUT2D eigenvalue weighted by Gasteiger charge is 2.34. The predicted octanol–water partition coefficient (Wildman–Crippen LogP) is 3.67. The van der Waals surface area contributed by atoms with Crippen molar-refractivity contribution in [2.24, 2.45) is 0 Å². The molecule has 0 bridgehead atoms. The fraction of sp³-hybridized carbons (Fsp3) is 0.353. The van der Waals surface area contributed by atoms with E-state index in [0.717, 1.165) is 23.5 Å². The molecule has 1 saturated heterocycles. The number of rotatable bonds is 5. The third kappa shape index (κ3) is 3.37. The van der Waals surface area contributed by atoms with Crippen LogP contribution in [0, 0.1) is 0 Å². The van der Waals surface area contributed by atoms with Crippen molar-refractivity contribution in [2.45, 2.75) is 12.0 Å². The van der Waals surface area contributed by atoms with Crippen LogP contribution in [0.1, 0.15) is 16.8 Å². The summed E-state index contributed by atoms with van der Waals surface area (Å²) in [5, 5.41) is 7.17. The average molecular weight is 333 g/mol. The summed E-state index contributed by atoms with van der Waals surface area (Å²) < 4.78 is 5.62. The van der Waals surface area contributed by atoms with Gasteiger partial charge in [-0.2, -0.15) is 23.1 Å². The van der Waals surface area contributed by atoms with Crippen LogP contribution in [0.5, 0.6) is 0 Å². The topological polar surface area (TPSA) is 38.3 Å². The number of benzene rings is 1. The van der Waals surface area contributed by atoms with Crippen molar-refractivity contribution in [1.82, 2.24) is 5.32 Å². The van der Waals surface area contributed by atoms with Gasteiger partial charge in [-0.1, -0.05) is 12.1 Å². The van der Waals surface area contributed by atoms with Crippen molar-refractivity contribution in [3.05, 3.63) is 46.7 Å². The lowest BCUT2D eigenvalue weighted by molar-refractivity contribution is 0.0137. The molecule has 1 fully saturated rings. The Bertz CT molecular complexity index is 617. The largest absolute Gasteiger partial charge is 0.376 e. The number of carbonyl (C=O) groups is 1. The van der Waals surface area contributed by atoms with Crippen molar-refractivity contribution in [1.29, 1.82) is 0 Å². The first kappa shape index (κ1) is 15.6. The molecule has 1 amide bonds. The van der Waals surface area contributed by atoms with E-state index in [4.69, 9.17) is 4.74 Å². The Kier molecular flexibility index (Phi) is 4.86. The fourth-order valence-corrected chi connectivity index (χ4v) is 4.61. The molecule has 0 unspecified atom stereocenters. The first-order chi connectivity index (χ1) is 10.7. The molecular weight excluding hydrogens is 314 g/mol. The van der Waals surface area contributed by atoms with Gasteiger partial charge in [-0.25, -0.2) is 0 Å². The van der Waals surface area contributed by atoms with Crippen LogP contribution in [0.15, 0.2) is 41.1 Å². The van der Waals surface area contributed by atoms with Gasteiger partial charge in [0, 0.05) is 25.0 Å². The zero-order chi connectivity index (χ0) is 15.4. The van der Waals surface area contributed by atoms with Crippen LogP contribution in [0.2, 0.25) is 0 Å². The molecule has 1 N–H and O–H groups in total. The zero-order valence-corrected chi connectivity index (χ0v) is 14.1. The SMILES string of the molecule is CO[C@@]1(CNC(=O)c2ccc(-c3ccsc3)cc2)CCSC1. The molecule has 1 aliphatic heterocycles. The van der Waals surface area contributed by atoms with Gasteiger partial charge in [-0.3, -0.25) is 4.79 Å². The number of hydrogen-bond donors (Lipinski definition) is 1. The minimum atomic E-state index is -0.197. The normalized spacial score (nSPS) is 21.0. The Hall–Kier alpha value is -1.30. The molecule has 0 saturated carbocycles. The molecule has 1 aromatic carbocycles. The van der Waals surface area contributed by atoms with Gasteiger partial charge >= 0.3 is 0 Å². The molecule has 0 radical (unpaired) electrons. The van der Waals surface area contributed by atoms with Crippen LogP contribution < -0.4 is 5.32 Å². The summed E-state index contributed by atoms with van der Waals surface area (Å²) in [5.41, 5.74) is 2.82. The monoisotopic (exact) mass is 333 g/mol. The van der Waals surface area contributed by atoms with Crippen molar-refractivity contribution < 1.29 is 9.53 Å². The summed E-state index contributed by atoms with van der Waals surface area (Å²) in [7, 11) is 1.73. The number of nitrogens with one attached hydrogen (secondary N) is 1. The maximum Gasteiger partial charge on any atom is 0.251 e. The molecule has 3 rings (SSSR count). The van der Waals surface area contributed by atoms with Crippen LogP contribution in [0.4, 0.5) is 0 Å². The van der Waals surface area contributed by atoms with Gasteiger partial charge < -0.3 is 10.1 Å². The molecule has 0 spiro atoms. The molecule has 2 aromatic rings. The third-order valence-corrected chi connectivity index (χ3v) is 5.98. The van der Waals surface area contributed by atoms with E-state index in [1.165, 1.54) is 5.56 Å². The first-order valence-electron chi connectivity index (χ1n) is 7.26. The lowest BCUT2D eigenvalue weighted by Gasteiger charge is -2.26. The van der Waals surface area contributed by atoms with Crippen molar-refractivity contribution in [3.8, 4) is 11.1 Å². The molecule has 3 nitrogen and oxygen atoms in total. The number of thioether (sulfide) groups is 1. The van der Waals surface area contributed by atoms with Gasteiger partial charge in [-0.15, -0.1) is 0 Å². The van der Waals surface area contributed by atoms with Crippen LogP contribution >= 0.6 is 23.1 Å². The quantitative estimate of drug-likeness (QED) is 0.907. The molecule has 22 heavy (non-hydrogen) atoms. The highest BCUT2D eigenvalue weighted by Crippen LogP contribution is 2.30. The van der Waals surface area contributed by atoms with Gasteiger partial charge in [0.05, 0.1) is 5.60 Å². The summed E-state index contributed by atoms with van der Waals surface area (Å²) in [6.45, 7) is 0.571. The van der Waals surface area contributed by atoms with E-state index in [-0.39, 0.29) is 11.5 Å². The number of carbonyl (C=O) groups excluding carboxylic acids is 1. The highest BCUT2D eigenvalue weighted by atomic mass is 32.2. The Balaban J connectivity index is 1.63. The molecule has 116 valence electrons. The van der Waals surface area contributed by atoms with Crippen molar-refractivity contribution in [3.63, 3.8) is 0 Å². The third-order valence-electron chi connectivity index (χ3n) is 4.07. The summed E-state index contributed by atoms with van der Waals surface area (Å²) >= 11 is 3.55. The van der Waals surface area contributed by atoms with E-state index >= 15 is 0 Å². The molecule has 0 aliphatic carbocycles. The van der Waals surface area contributed by atoms with Crippen molar-refractivity contribution >= 4 is 29.0 Å². The Morgan fingerprint density at radius 2 is 2.09 bits per heavy atom. The summed E-state index contributed by atoms with van der Waals surface area (Å²) in [5.74, 6) is 2.00. The lowest BCUT2D eigenvalue weighted by Crippen LogP contribution is -2.44. The second-order valence-electron chi connectivity index (χ2n) is 5.46. The minimum absolute atomic E-state index is 0.0369. The molecular formula is C17H19NO2S2. The molecule has 1 aromatic heterocycles. The standard InChI is InChI=1S/C17H19NO2S2/c1-20-17(7-9-22-12-17)11-18-16(19)14-4-2-13(3-5-14)15-6-8-21-10-15/h2-6,8,10H,7,9,11-12H2,1H3,(H,18,19)/t17-/m1/s1. The molecule has 1 atom stereocenters. The summed E-state index contributed by atoms with van der Waals surface area (Å²) in [6, 6.07) is 9.83. The second-order valence-corrected chi connectivity index (χ2v) is 7.35. The van der Waals surface area contributed by atoms with Crippen LogP contribution in [0.25, 0.3) is 11.1 Å². The van der Waals surface area contributed by atoms with E-state index in [1.54, 1.807) is 18.4 Å². The second kappa shape index (κ2) is 6.86. The number of methoxy groups -OCH3 is 1. The van der Waals surface area contributed by atoms with Gasteiger partial charge in [0.25, 0.3) is 5.91 Å². The summed E-state index contributed by atoms with van der Waals surface area (Å²) in [4.78, 5) is 12.3. The average Bonchev–Trinajstić information content (AvgIpc) is 3.25. The van der Waals surface area contributed by atoms with E-state index in [1.807, 2.05) is 36.0 Å². The van der Waals surface area contributed by atoms with Crippen LogP contribution in [0.3, 0.4) is 0 Å². The fourth-order valence-electron chi connectivity index (χ4n) is 2.55. The van der Waals surface area contributed by atoms with Crippen LogP contribution in [-0.4, -0.2) is 36.7 Å². The number of ether oxygens (including phenoxy) is 1.